The van der Waals surface area contributed by atoms with Gasteiger partial charge in [0, 0.05) is 19.3 Å². The maximum Gasteiger partial charge on any atom is 0.257 e. The van der Waals surface area contributed by atoms with E-state index in [1.54, 1.807) is 17.9 Å². The predicted molar refractivity (Wildman–Crippen MR) is 73.9 cm³/mol. The molecule has 2 aromatic rings. The van der Waals surface area contributed by atoms with E-state index in [1.165, 1.54) is 6.20 Å². The van der Waals surface area contributed by atoms with Crippen LogP contribution >= 0.6 is 0 Å². The predicted octanol–water partition coefficient (Wildman–Crippen LogP) is 0.753. The van der Waals surface area contributed by atoms with Crippen LogP contribution in [0.1, 0.15) is 23.0 Å². The number of rotatable bonds is 2. The van der Waals surface area contributed by atoms with Crippen LogP contribution < -0.4 is 0 Å². The Kier molecular flexibility index (Phi) is 3.60. The first-order valence-electron chi connectivity index (χ1n) is 6.86. The van der Waals surface area contributed by atoms with E-state index in [2.05, 4.69) is 10.1 Å². The zero-order chi connectivity index (χ0) is 15.0. The number of aliphatic hydroxyl groups is 1. The second-order valence-electron chi connectivity index (χ2n) is 5.31. The Morgan fingerprint density at radius 2 is 2.33 bits per heavy atom. The van der Waals surface area contributed by atoms with Crippen molar-refractivity contribution in [1.82, 2.24) is 15.0 Å². The number of ether oxygens (including phenoxy) is 1. The summed E-state index contributed by atoms with van der Waals surface area (Å²) in [6.45, 7) is 4.46. The number of aliphatic hydroxyl groups excluding tert-OH is 1. The van der Waals surface area contributed by atoms with Crippen LogP contribution in [-0.4, -0.2) is 58.0 Å². The first kappa shape index (κ1) is 14.0. The lowest BCUT2D eigenvalue weighted by atomic mass is 10.1. The Balaban J connectivity index is 1.87. The Hall–Kier alpha value is -1.99. The molecule has 112 valence electrons. The Labute approximate surface area is 121 Å². The maximum absolute atomic E-state index is 12.6. The summed E-state index contributed by atoms with van der Waals surface area (Å²) < 4.78 is 10.6. The highest BCUT2D eigenvalue weighted by Gasteiger charge is 2.29. The lowest BCUT2D eigenvalue weighted by Gasteiger charge is -2.36. The third-order valence-electron chi connectivity index (χ3n) is 3.57. The number of hydrogen-bond acceptors (Lipinski definition) is 6. The van der Waals surface area contributed by atoms with Gasteiger partial charge >= 0.3 is 0 Å². The average Bonchev–Trinajstić information content (AvgIpc) is 2.86. The van der Waals surface area contributed by atoms with E-state index < -0.39 is 0 Å². The van der Waals surface area contributed by atoms with Gasteiger partial charge in [-0.2, -0.15) is 0 Å². The minimum atomic E-state index is -0.341. The summed E-state index contributed by atoms with van der Waals surface area (Å²) in [4.78, 5) is 18.4. The summed E-state index contributed by atoms with van der Waals surface area (Å²) >= 11 is 0. The number of fused-ring (bicyclic) bond motifs is 1. The van der Waals surface area contributed by atoms with E-state index in [1.807, 2.05) is 6.92 Å². The third-order valence-corrected chi connectivity index (χ3v) is 3.57. The molecule has 1 saturated heterocycles. The number of carbonyl (C=O) groups is 1. The van der Waals surface area contributed by atoms with Gasteiger partial charge < -0.3 is 19.3 Å². The molecule has 0 radical (unpaired) electrons. The summed E-state index contributed by atoms with van der Waals surface area (Å²) in [7, 11) is 0. The van der Waals surface area contributed by atoms with Gasteiger partial charge in [-0.1, -0.05) is 5.16 Å². The molecule has 1 amide bonds. The molecule has 1 N–H and O–H groups in total. The highest BCUT2D eigenvalue weighted by atomic mass is 16.5. The molecule has 1 aliphatic rings. The van der Waals surface area contributed by atoms with Crippen molar-refractivity contribution in [3.05, 3.63) is 23.5 Å². The minimum Gasteiger partial charge on any atom is -0.394 e. The number of morpholine rings is 1. The highest BCUT2D eigenvalue weighted by molar-refractivity contribution is 5.97. The van der Waals surface area contributed by atoms with Gasteiger partial charge in [0.1, 0.15) is 0 Å². The van der Waals surface area contributed by atoms with Crippen LogP contribution in [0.4, 0.5) is 0 Å². The molecule has 21 heavy (non-hydrogen) atoms. The quantitative estimate of drug-likeness (QED) is 0.878. The zero-order valence-corrected chi connectivity index (χ0v) is 11.9. The van der Waals surface area contributed by atoms with Crippen LogP contribution in [0.3, 0.4) is 0 Å². The van der Waals surface area contributed by atoms with Gasteiger partial charge in [0.2, 0.25) is 0 Å². The second-order valence-corrected chi connectivity index (χ2v) is 5.31. The summed E-state index contributed by atoms with van der Waals surface area (Å²) in [5.41, 5.74) is 1.61. The van der Waals surface area contributed by atoms with Crippen LogP contribution in [0.15, 0.2) is 16.8 Å². The molecule has 1 aliphatic heterocycles. The number of carbonyl (C=O) groups excluding carboxylic acids is 1. The molecule has 0 aromatic carbocycles. The normalized spacial score (nSPS) is 22.7. The van der Waals surface area contributed by atoms with Crippen molar-refractivity contribution in [2.24, 2.45) is 0 Å². The first-order chi connectivity index (χ1) is 10.1. The van der Waals surface area contributed by atoms with E-state index in [9.17, 15) is 9.90 Å². The van der Waals surface area contributed by atoms with Crippen LogP contribution in [0.25, 0.3) is 11.1 Å². The molecule has 2 atom stereocenters. The smallest absolute Gasteiger partial charge is 0.257 e. The largest absolute Gasteiger partial charge is 0.394 e. The van der Waals surface area contributed by atoms with Crippen molar-refractivity contribution in [2.75, 3.05) is 19.7 Å². The summed E-state index contributed by atoms with van der Waals surface area (Å²) in [5.74, 6) is -0.126. The monoisotopic (exact) mass is 291 g/mol. The van der Waals surface area contributed by atoms with Crippen molar-refractivity contribution in [1.29, 1.82) is 0 Å². The molecule has 7 nitrogen and oxygen atoms in total. The van der Waals surface area contributed by atoms with Crippen molar-refractivity contribution < 1.29 is 19.2 Å². The van der Waals surface area contributed by atoms with Crippen LogP contribution in [0, 0.1) is 6.92 Å². The van der Waals surface area contributed by atoms with Crippen molar-refractivity contribution >= 4 is 17.0 Å². The molecular weight excluding hydrogens is 274 g/mol. The Morgan fingerprint density at radius 3 is 3.10 bits per heavy atom. The van der Waals surface area contributed by atoms with Gasteiger partial charge in [0.25, 0.3) is 11.6 Å². The molecule has 2 aromatic heterocycles. The van der Waals surface area contributed by atoms with Crippen molar-refractivity contribution in [3.63, 3.8) is 0 Å². The number of hydrogen-bond donors (Lipinski definition) is 1. The molecule has 7 heteroatoms. The highest BCUT2D eigenvalue weighted by Crippen LogP contribution is 2.19. The fraction of sp³-hybridized carbons (Fsp3) is 0.500. The Morgan fingerprint density at radius 1 is 1.52 bits per heavy atom. The number of nitrogens with zero attached hydrogens (tertiary/aromatic N) is 3. The molecule has 3 heterocycles. The van der Waals surface area contributed by atoms with Gasteiger partial charge in [-0.25, -0.2) is 4.98 Å². The van der Waals surface area contributed by atoms with Gasteiger partial charge in [-0.05, 0) is 19.9 Å². The fourth-order valence-electron chi connectivity index (χ4n) is 2.56. The molecule has 0 saturated carbocycles. The minimum absolute atomic E-state index is 0.101. The maximum atomic E-state index is 12.6. The first-order valence-corrected chi connectivity index (χ1v) is 6.86. The lowest BCUT2D eigenvalue weighted by Crippen LogP contribution is -2.50. The third kappa shape index (κ3) is 2.62. The standard InChI is InChI=1S/C14H17N3O4/c1-8-5-17(6-11(7-18)20-8)14(19)10-3-12-9(2)16-21-13(12)15-4-10/h3-4,8,11,18H,5-7H2,1-2H3. The van der Waals surface area contributed by atoms with E-state index in [0.29, 0.717) is 30.1 Å². The van der Waals surface area contributed by atoms with Crippen LogP contribution in [0.5, 0.6) is 0 Å². The fourth-order valence-corrected chi connectivity index (χ4v) is 2.56. The Bertz CT molecular complexity index is 669. The average molecular weight is 291 g/mol. The van der Waals surface area contributed by atoms with Gasteiger partial charge in [-0.15, -0.1) is 0 Å². The van der Waals surface area contributed by atoms with Crippen LogP contribution in [0.2, 0.25) is 0 Å². The van der Waals surface area contributed by atoms with Gasteiger partial charge in [0.05, 0.1) is 35.5 Å². The summed E-state index contributed by atoms with van der Waals surface area (Å²) in [6.07, 6.45) is 1.05. The lowest BCUT2D eigenvalue weighted by molar-refractivity contribution is -0.0858. The zero-order valence-electron chi connectivity index (χ0n) is 11.9. The van der Waals surface area contributed by atoms with Crippen LogP contribution in [-0.2, 0) is 4.74 Å². The molecule has 1 fully saturated rings. The number of amides is 1. The molecule has 2 unspecified atom stereocenters. The topological polar surface area (TPSA) is 88.7 Å². The van der Waals surface area contributed by atoms with E-state index in [-0.39, 0.29) is 24.7 Å². The summed E-state index contributed by atoms with van der Waals surface area (Å²) in [5, 5.41) is 13.8. The molecule has 0 bridgehead atoms. The van der Waals surface area contributed by atoms with Crippen molar-refractivity contribution in [2.45, 2.75) is 26.1 Å². The van der Waals surface area contributed by atoms with Gasteiger partial charge in [-0.3, -0.25) is 4.79 Å². The van der Waals surface area contributed by atoms with E-state index in [0.717, 1.165) is 5.39 Å². The SMILES string of the molecule is Cc1noc2ncc(C(=O)N3CC(C)OC(CO)C3)cc12. The molecular formula is C14H17N3O4. The molecule has 0 spiro atoms. The van der Waals surface area contributed by atoms with E-state index in [4.69, 9.17) is 9.26 Å². The molecule has 3 rings (SSSR count). The number of aromatic nitrogens is 2. The summed E-state index contributed by atoms with van der Waals surface area (Å²) in [6, 6.07) is 1.74. The number of pyridine rings is 1. The molecule has 0 aliphatic carbocycles. The van der Waals surface area contributed by atoms with Gasteiger partial charge in [0.15, 0.2) is 0 Å². The van der Waals surface area contributed by atoms with Crippen molar-refractivity contribution in [3.8, 4) is 0 Å². The number of aryl methyl sites for hydroxylation is 1. The van der Waals surface area contributed by atoms with E-state index >= 15 is 0 Å². The second kappa shape index (κ2) is 5.42.